The average molecular weight is 482 g/mol. The van der Waals surface area contributed by atoms with Gasteiger partial charge in [-0.15, -0.1) is 5.10 Å². The van der Waals surface area contributed by atoms with Crippen molar-refractivity contribution in [2.24, 2.45) is 7.05 Å². The maximum Gasteiger partial charge on any atom is 0.296 e. The highest BCUT2D eigenvalue weighted by molar-refractivity contribution is 6.33. The molecule has 0 amide bonds. The zero-order chi connectivity index (χ0) is 23.7. The van der Waals surface area contributed by atoms with Crippen LogP contribution in [0.1, 0.15) is 17.8 Å². The van der Waals surface area contributed by atoms with Gasteiger partial charge < -0.3 is 24.7 Å². The number of tetrazole rings is 1. The summed E-state index contributed by atoms with van der Waals surface area (Å²) in [4.78, 5) is 13.4. The Morgan fingerprint density at radius 3 is 2.79 bits per heavy atom. The number of aromatic nitrogens is 7. The molecule has 5 rings (SSSR count). The Bertz CT molecular complexity index is 1380. The van der Waals surface area contributed by atoms with Crippen LogP contribution in [0.2, 0.25) is 5.02 Å². The highest BCUT2D eigenvalue weighted by atomic mass is 35.5. The first-order valence-corrected chi connectivity index (χ1v) is 10.9. The molecule has 3 atom stereocenters. The molecule has 0 bridgehead atoms. The van der Waals surface area contributed by atoms with Gasteiger partial charge in [0.05, 0.1) is 42.6 Å². The van der Waals surface area contributed by atoms with E-state index in [1.54, 1.807) is 13.1 Å². The summed E-state index contributed by atoms with van der Waals surface area (Å²) in [6.45, 7) is -0.00286. The normalized spacial score (nSPS) is 20.2. The summed E-state index contributed by atoms with van der Waals surface area (Å²) in [5, 5.41) is 31.3. The number of ether oxygens (including phenoxy) is 2. The van der Waals surface area contributed by atoms with Crippen molar-refractivity contribution >= 4 is 22.8 Å². The van der Waals surface area contributed by atoms with E-state index in [0.717, 1.165) is 11.1 Å². The summed E-state index contributed by atoms with van der Waals surface area (Å²) in [6, 6.07) is 9.44. The van der Waals surface area contributed by atoms with E-state index in [1.165, 1.54) is 4.80 Å². The second kappa shape index (κ2) is 9.36. The van der Waals surface area contributed by atoms with Crippen LogP contribution in [0.3, 0.4) is 0 Å². The SMILES string of the molecule is Cn1nnc(C#Cc2ccc(-c3nc4nc(OC5COC(CO)C(O)C5)[nH]c4cc3Cl)cc2)n1. The van der Waals surface area contributed by atoms with Gasteiger partial charge in [-0.2, -0.15) is 9.78 Å². The topological polar surface area (TPSA) is 144 Å². The number of H-pyrrole nitrogens is 1. The van der Waals surface area contributed by atoms with Crippen molar-refractivity contribution in [2.45, 2.75) is 24.7 Å². The van der Waals surface area contributed by atoms with Gasteiger partial charge in [-0.1, -0.05) is 34.8 Å². The van der Waals surface area contributed by atoms with E-state index in [-0.39, 0.29) is 19.2 Å². The van der Waals surface area contributed by atoms with E-state index in [4.69, 9.17) is 21.1 Å². The Morgan fingerprint density at radius 1 is 1.26 bits per heavy atom. The fourth-order valence-corrected chi connectivity index (χ4v) is 3.83. The van der Waals surface area contributed by atoms with Crippen molar-refractivity contribution in [1.29, 1.82) is 0 Å². The van der Waals surface area contributed by atoms with E-state index >= 15 is 0 Å². The van der Waals surface area contributed by atoms with Gasteiger partial charge in [0.2, 0.25) is 5.82 Å². The monoisotopic (exact) mass is 481 g/mol. The molecular weight excluding hydrogens is 462 g/mol. The van der Waals surface area contributed by atoms with Crippen LogP contribution in [-0.2, 0) is 11.8 Å². The molecule has 174 valence electrons. The third kappa shape index (κ3) is 4.71. The Morgan fingerprint density at radius 2 is 2.09 bits per heavy atom. The zero-order valence-electron chi connectivity index (χ0n) is 18.0. The molecule has 0 radical (unpaired) electrons. The minimum absolute atomic E-state index is 0.237. The number of aliphatic hydroxyl groups excluding tert-OH is 2. The van der Waals surface area contributed by atoms with Crippen LogP contribution in [0.4, 0.5) is 0 Å². The third-order valence-corrected chi connectivity index (χ3v) is 5.57. The average Bonchev–Trinajstić information content (AvgIpc) is 3.42. The van der Waals surface area contributed by atoms with Crippen LogP contribution in [0, 0.1) is 11.8 Å². The molecule has 1 saturated heterocycles. The minimum Gasteiger partial charge on any atom is -0.459 e. The molecule has 1 aromatic carbocycles. The van der Waals surface area contributed by atoms with E-state index < -0.39 is 18.3 Å². The molecule has 4 aromatic rings. The van der Waals surface area contributed by atoms with Crippen molar-refractivity contribution in [3.8, 4) is 29.1 Å². The summed E-state index contributed by atoms with van der Waals surface area (Å²) < 4.78 is 11.2. The number of aromatic amines is 1. The molecule has 1 fully saturated rings. The number of benzene rings is 1. The van der Waals surface area contributed by atoms with Gasteiger partial charge in [0.25, 0.3) is 6.01 Å². The lowest BCUT2D eigenvalue weighted by molar-refractivity contribution is -0.131. The molecule has 12 heteroatoms. The van der Waals surface area contributed by atoms with Crippen molar-refractivity contribution in [1.82, 2.24) is 35.2 Å². The zero-order valence-corrected chi connectivity index (χ0v) is 18.8. The fraction of sp³-hybridized carbons (Fsp3) is 0.318. The van der Waals surface area contributed by atoms with E-state index in [0.29, 0.717) is 34.1 Å². The van der Waals surface area contributed by atoms with Crippen LogP contribution >= 0.6 is 11.6 Å². The molecule has 3 N–H and O–H groups in total. The van der Waals surface area contributed by atoms with E-state index in [1.807, 2.05) is 24.3 Å². The molecule has 1 aliphatic heterocycles. The lowest BCUT2D eigenvalue weighted by Gasteiger charge is -2.31. The van der Waals surface area contributed by atoms with Crippen LogP contribution < -0.4 is 4.74 Å². The lowest BCUT2D eigenvalue weighted by atomic mass is 10.0. The van der Waals surface area contributed by atoms with Gasteiger partial charge in [0.1, 0.15) is 12.2 Å². The second-order valence-corrected chi connectivity index (χ2v) is 8.17. The first kappa shape index (κ1) is 22.2. The van der Waals surface area contributed by atoms with Gasteiger partial charge in [-0.3, -0.25) is 0 Å². The van der Waals surface area contributed by atoms with Gasteiger partial charge in [0, 0.05) is 17.5 Å². The first-order valence-electron chi connectivity index (χ1n) is 10.5. The molecular formula is C22H20ClN7O4. The minimum atomic E-state index is -0.808. The second-order valence-electron chi connectivity index (χ2n) is 7.76. The number of imidazole rings is 1. The Balaban J connectivity index is 1.33. The summed E-state index contributed by atoms with van der Waals surface area (Å²) in [7, 11) is 1.68. The number of hydrogen-bond acceptors (Lipinski definition) is 9. The van der Waals surface area contributed by atoms with Crippen LogP contribution in [0.5, 0.6) is 6.01 Å². The summed E-state index contributed by atoms with van der Waals surface area (Å²) in [6.07, 6.45) is -1.49. The number of nitrogens with zero attached hydrogens (tertiary/aromatic N) is 6. The number of aryl methyl sites for hydroxylation is 1. The summed E-state index contributed by atoms with van der Waals surface area (Å²) in [5.41, 5.74) is 3.22. The van der Waals surface area contributed by atoms with Crippen LogP contribution in [0.25, 0.3) is 22.4 Å². The molecule has 4 heterocycles. The van der Waals surface area contributed by atoms with Crippen molar-refractivity contribution < 1.29 is 19.7 Å². The quantitative estimate of drug-likeness (QED) is 0.365. The Hall–Kier alpha value is -3.56. The number of fused-ring (bicyclic) bond motifs is 1. The molecule has 3 aromatic heterocycles. The lowest BCUT2D eigenvalue weighted by Crippen LogP contribution is -2.45. The third-order valence-electron chi connectivity index (χ3n) is 5.28. The maximum absolute atomic E-state index is 10.0. The molecule has 1 aliphatic rings. The van der Waals surface area contributed by atoms with Gasteiger partial charge in [-0.05, 0) is 29.3 Å². The number of pyridine rings is 1. The highest BCUT2D eigenvalue weighted by Gasteiger charge is 2.31. The van der Waals surface area contributed by atoms with E-state index in [2.05, 4.69) is 42.2 Å². The Kier molecular flexibility index (Phi) is 6.12. The van der Waals surface area contributed by atoms with Crippen molar-refractivity contribution in [2.75, 3.05) is 13.2 Å². The molecule has 3 unspecified atom stereocenters. The molecule has 0 saturated carbocycles. The number of hydrogen-bond donors (Lipinski definition) is 3. The summed E-state index contributed by atoms with van der Waals surface area (Å²) in [5.74, 6) is 6.20. The van der Waals surface area contributed by atoms with Crippen LogP contribution in [0.15, 0.2) is 30.3 Å². The maximum atomic E-state index is 10.0. The largest absolute Gasteiger partial charge is 0.459 e. The fourth-order valence-electron chi connectivity index (χ4n) is 3.57. The smallest absolute Gasteiger partial charge is 0.296 e. The Labute approximate surface area is 198 Å². The molecule has 0 aliphatic carbocycles. The number of rotatable bonds is 4. The van der Waals surface area contributed by atoms with Gasteiger partial charge >= 0.3 is 0 Å². The van der Waals surface area contributed by atoms with Crippen LogP contribution in [-0.4, -0.2) is 76.9 Å². The van der Waals surface area contributed by atoms with Crippen molar-refractivity contribution in [3.05, 3.63) is 46.7 Å². The summed E-state index contributed by atoms with van der Waals surface area (Å²) >= 11 is 6.49. The standard InChI is InChI=1S/C22H20ClN7O4/c1-30-28-19(27-29-30)7-4-12-2-5-13(6-3-12)20-15(23)9-16-21(25-20)26-22(24-16)34-14-8-17(32)18(10-31)33-11-14/h2-3,5-6,9,14,17-18,31-32H,8,10-11H2,1H3,(H,24,25,26). The van der Waals surface area contributed by atoms with E-state index in [9.17, 15) is 10.2 Å². The number of aliphatic hydroxyl groups is 2. The first-order chi connectivity index (χ1) is 16.5. The molecule has 34 heavy (non-hydrogen) atoms. The molecule has 0 spiro atoms. The van der Waals surface area contributed by atoms with Crippen molar-refractivity contribution in [3.63, 3.8) is 0 Å². The molecule has 11 nitrogen and oxygen atoms in total. The number of halogens is 1. The predicted octanol–water partition coefficient (Wildman–Crippen LogP) is 1.09. The predicted molar refractivity (Wildman–Crippen MR) is 121 cm³/mol. The van der Waals surface area contributed by atoms with Gasteiger partial charge in [0.15, 0.2) is 5.65 Å². The highest BCUT2D eigenvalue weighted by Crippen LogP contribution is 2.30. The van der Waals surface area contributed by atoms with Gasteiger partial charge in [-0.25, -0.2) is 4.98 Å². The number of nitrogens with one attached hydrogen (secondary N) is 1.